The van der Waals surface area contributed by atoms with Crippen LogP contribution in [0.4, 0.5) is 11.5 Å². The summed E-state index contributed by atoms with van der Waals surface area (Å²) >= 11 is 0. The summed E-state index contributed by atoms with van der Waals surface area (Å²) in [5.74, 6) is 0.00639. The Labute approximate surface area is 197 Å². The highest BCUT2D eigenvalue weighted by Crippen LogP contribution is 2.26. The minimum atomic E-state index is -0.886. The van der Waals surface area contributed by atoms with Gasteiger partial charge in [-0.25, -0.2) is 4.98 Å². The Bertz CT molecular complexity index is 950. The summed E-state index contributed by atoms with van der Waals surface area (Å²) in [6.07, 6.45) is 2.64. The van der Waals surface area contributed by atoms with E-state index in [4.69, 9.17) is 5.73 Å². The van der Waals surface area contributed by atoms with Crippen molar-refractivity contribution in [3.05, 3.63) is 90.1 Å². The van der Waals surface area contributed by atoms with Crippen LogP contribution < -0.4 is 16.4 Å². The van der Waals surface area contributed by atoms with Crippen LogP contribution in [0.2, 0.25) is 0 Å². The lowest BCUT2D eigenvalue weighted by Gasteiger charge is -2.22. The van der Waals surface area contributed by atoms with Crippen LogP contribution in [0, 0.1) is 0 Å². The van der Waals surface area contributed by atoms with Crippen LogP contribution >= 0.6 is 0 Å². The maximum atomic E-state index is 11.5. The van der Waals surface area contributed by atoms with Gasteiger partial charge in [0.1, 0.15) is 5.82 Å². The SMILES string of the molecule is CC(CNCCCNc1cccnc1N)c1cccc(C(C)(C)C(=O)O)c1.c1ccccc1. The van der Waals surface area contributed by atoms with Gasteiger partial charge < -0.3 is 21.5 Å². The molecule has 0 bridgehead atoms. The normalized spacial score (nSPS) is 11.7. The molecular formula is C27H36N4O2. The first-order valence-electron chi connectivity index (χ1n) is 11.3. The first-order chi connectivity index (χ1) is 15.8. The molecule has 0 radical (unpaired) electrons. The third-order valence-electron chi connectivity index (χ3n) is 5.51. The van der Waals surface area contributed by atoms with Crippen LogP contribution in [0.5, 0.6) is 0 Å². The van der Waals surface area contributed by atoms with E-state index in [1.165, 1.54) is 0 Å². The largest absolute Gasteiger partial charge is 0.481 e. The van der Waals surface area contributed by atoms with Crippen LogP contribution in [-0.2, 0) is 10.2 Å². The standard InChI is InChI=1S/C21H30N4O2.C6H6/c1-15(16-7-4-8-17(13-16)21(2,3)20(26)27)14-23-10-6-12-24-18-9-5-11-25-19(18)22;1-2-4-6-5-3-1/h4-5,7-9,11,13,15,23-24H,6,10,12,14H2,1-3H3,(H2,22,25)(H,26,27);1-6H. The number of aliphatic carboxylic acids is 1. The van der Waals surface area contributed by atoms with E-state index in [1.54, 1.807) is 20.0 Å². The van der Waals surface area contributed by atoms with Gasteiger partial charge in [0.25, 0.3) is 0 Å². The Balaban J connectivity index is 0.000000554. The highest BCUT2D eigenvalue weighted by molar-refractivity contribution is 5.80. The second-order valence-electron chi connectivity index (χ2n) is 8.53. The number of anilines is 2. The molecule has 1 aromatic heterocycles. The van der Waals surface area contributed by atoms with Crippen molar-refractivity contribution in [1.29, 1.82) is 0 Å². The fraction of sp³-hybridized carbons (Fsp3) is 0.333. The molecule has 33 heavy (non-hydrogen) atoms. The van der Waals surface area contributed by atoms with E-state index >= 15 is 0 Å². The molecule has 3 aromatic rings. The fourth-order valence-electron chi connectivity index (χ4n) is 3.18. The summed E-state index contributed by atoms with van der Waals surface area (Å²) in [5, 5.41) is 16.2. The quantitative estimate of drug-likeness (QED) is 0.329. The van der Waals surface area contributed by atoms with Gasteiger partial charge in [-0.1, -0.05) is 67.6 Å². The summed E-state index contributed by atoms with van der Waals surface area (Å²) < 4.78 is 0. The zero-order valence-electron chi connectivity index (χ0n) is 19.8. The minimum absolute atomic E-state index is 0.302. The van der Waals surface area contributed by atoms with Crippen molar-refractivity contribution >= 4 is 17.5 Å². The number of nitrogens with zero attached hydrogens (tertiary/aromatic N) is 1. The van der Waals surface area contributed by atoms with Crippen molar-refractivity contribution in [2.75, 3.05) is 30.7 Å². The summed E-state index contributed by atoms with van der Waals surface area (Å²) in [6, 6.07) is 23.7. The summed E-state index contributed by atoms with van der Waals surface area (Å²) in [6.45, 7) is 8.16. The molecule has 3 rings (SSSR count). The molecule has 5 N–H and O–H groups in total. The molecule has 0 aliphatic carbocycles. The molecule has 176 valence electrons. The predicted octanol–water partition coefficient (Wildman–Crippen LogP) is 4.91. The molecule has 0 aliphatic heterocycles. The van der Waals surface area contributed by atoms with Gasteiger partial charge >= 0.3 is 5.97 Å². The van der Waals surface area contributed by atoms with Crippen molar-refractivity contribution in [3.8, 4) is 0 Å². The zero-order valence-corrected chi connectivity index (χ0v) is 19.8. The Morgan fingerprint density at radius 1 is 1.03 bits per heavy atom. The maximum absolute atomic E-state index is 11.5. The van der Waals surface area contributed by atoms with E-state index in [1.807, 2.05) is 66.7 Å². The highest BCUT2D eigenvalue weighted by atomic mass is 16.4. The second-order valence-corrected chi connectivity index (χ2v) is 8.53. The molecule has 2 aromatic carbocycles. The fourth-order valence-corrected chi connectivity index (χ4v) is 3.18. The van der Waals surface area contributed by atoms with Gasteiger partial charge in [-0.3, -0.25) is 4.79 Å². The number of pyridine rings is 1. The van der Waals surface area contributed by atoms with Crippen molar-refractivity contribution in [2.24, 2.45) is 0 Å². The lowest BCUT2D eigenvalue weighted by molar-refractivity contribution is -0.142. The summed E-state index contributed by atoms with van der Waals surface area (Å²) in [7, 11) is 0. The summed E-state index contributed by atoms with van der Waals surface area (Å²) in [5.41, 5.74) is 7.76. The lowest BCUT2D eigenvalue weighted by atomic mass is 9.83. The Morgan fingerprint density at radius 3 is 2.30 bits per heavy atom. The zero-order chi connectivity index (χ0) is 24.1. The van der Waals surface area contributed by atoms with E-state index in [9.17, 15) is 9.90 Å². The Hall–Kier alpha value is -3.38. The number of carboxylic acids is 1. The molecule has 0 amide bonds. The third kappa shape index (κ3) is 8.58. The molecule has 1 atom stereocenters. The molecular weight excluding hydrogens is 412 g/mol. The molecule has 1 unspecified atom stereocenters. The monoisotopic (exact) mass is 448 g/mol. The molecule has 0 saturated heterocycles. The smallest absolute Gasteiger partial charge is 0.313 e. The van der Waals surface area contributed by atoms with E-state index in [2.05, 4.69) is 28.6 Å². The predicted molar refractivity (Wildman–Crippen MR) is 137 cm³/mol. The number of nitrogens with two attached hydrogens (primary N) is 1. The van der Waals surface area contributed by atoms with Crippen LogP contribution in [0.15, 0.2) is 79.0 Å². The van der Waals surface area contributed by atoms with E-state index < -0.39 is 11.4 Å². The van der Waals surface area contributed by atoms with Crippen molar-refractivity contribution in [2.45, 2.75) is 38.5 Å². The van der Waals surface area contributed by atoms with Gasteiger partial charge in [0, 0.05) is 19.3 Å². The van der Waals surface area contributed by atoms with Crippen molar-refractivity contribution < 1.29 is 9.90 Å². The Morgan fingerprint density at radius 2 is 1.70 bits per heavy atom. The van der Waals surface area contributed by atoms with Gasteiger partial charge in [0.2, 0.25) is 0 Å². The Kier molecular flexibility index (Phi) is 10.4. The average molecular weight is 449 g/mol. The van der Waals surface area contributed by atoms with Crippen molar-refractivity contribution in [3.63, 3.8) is 0 Å². The second kappa shape index (κ2) is 13.2. The van der Waals surface area contributed by atoms with Crippen LogP contribution in [0.3, 0.4) is 0 Å². The molecule has 1 heterocycles. The molecule has 0 saturated carbocycles. The number of nitrogen functional groups attached to an aromatic ring is 1. The van der Waals surface area contributed by atoms with Crippen LogP contribution in [0.1, 0.15) is 44.2 Å². The number of hydrogen-bond acceptors (Lipinski definition) is 5. The average Bonchev–Trinajstić information content (AvgIpc) is 2.83. The minimum Gasteiger partial charge on any atom is -0.481 e. The molecule has 6 heteroatoms. The number of aromatic nitrogens is 1. The number of carboxylic acid groups (broad SMARTS) is 1. The van der Waals surface area contributed by atoms with Crippen LogP contribution in [-0.4, -0.2) is 35.7 Å². The van der Waals surface area contributed by atoms with Crippen LogP contribution in [0.25, 0.3) is 0 Å². The maximum Gasteiger partial charge on any atom is 0.313 e. The van der Waals surface area contributed by atoms with Gasteiger partial charge in [0.05, 0.1) is 11.1 Å². The summed E-state index contributed by atoms with van der Waals surface area (Å²) in [4.78, 5) is 15.5. The number of hydrogen-bond donors (Lipinski definition) is 4. The number of benzene rings is 2. The lowest BCUT2D eigenvalue weighted by Crippen LogP contribution is -2.29. The first kappa shape index (κ1) is 25.9. The number of rotatable bonds is 10. The van der Waals surface area contributed by atoms with Gasteiger partial charge in [-0.2, -0.15) is 0 Å². The third-order valence-corrected chi connectivity index (χ3v) is 5.51. The van der Waals surface area contributed by atoms with Gasteiger partial charge in [0.15, 0.2) is 0 Å². The molecule has 0 fully saturated rings. The van der Waals surface area contributed by atoms with E-state index in [0.29, 0.717) is 11.7 Å². The number of carbonyl (C=O) groups is 1. The molecule has 0 spiro atoms. The van der Waals surface area contributed by atoms with E-state index in [0.717, 1.165) is 42.9 Å². The van der Waals surface area contributed by atoms with Gasteiger partial charge in [-0.05, 0) is 56.0 Å². The first-order valence-corrected chi connectivity index (χ1v) is 11.3. The topological polar surface area (TPSA) is 100 Å². The molecule has 6 nitrogen and oxygen atoms in total. The van der Waals surface area contributed by atoms with Gasteiger partial charge in [-0.15, -0.1) is 0 Å². The van der Waals surface area contributed by atoms with E-state index in [-0.39, 0.29) is 0 Å². The van der Waals surface area contributed by atoms with Crippen molar-refractivity contribution in [1.82, 2.24) is 10.3 Å². The molecule has 0 aliphatic rings. The number of nitrogens with one attached hydrogen (secondary N) is 2. The highest BCUT2D eigenvalue weighted by Gasteiger charge is 2.29.